The van der Waals surface area contributed by atoms with E-state index in [1.807, 2.05) is 0 Å². The van der Waals surface area contributed by atoms with Gasteiger partial charge in [-0.05, 0) is 31.4 Å². The monoisotopic (exact) mass is 282 g/mol. The first-order chi connectivity index (χ1) is 10.2. The molecule has 0 radical (unpaired) electrons. The topological polar surface area (TPSA) is 94.0 Å². The van der Waals surface area contributed by atoms with Gasteiger partial charge < -0.3 is 4.90 Å². The van der Waals surface area contributed by atoms with E-state index >= 15 is 0 Å². The molecule has 1 aromatic carbocycles. The van der Waals surface area contributed by atoms with Gasteiger partial charge in [0.05, 0.1) is 4.92 Å². The number of hydrogen-bond acceptors (Lipinski definition) is 5. The molecule has 21 heavy (non-hydrogen) atoms. The molecule has 1 heterocycles. The van der Waals surface area contributed by atoms with Crippen LogP contribution in [0.25, 0.3) is 6.08 Å². The Balaban J connectivity index is 2.49. The first-order valence-electron chi connectivity index (χ1n) is 6.71. The standard InChI is InChI=1S/C15H14N4O2/c16-10-12(11-17)8-13-9-14(19(20)21)4-5-15(13)18-6-2-1-3-7-18/h4-5,8-9H,1-3,6-7H2. The summed E-state index contributed by atoms with van der Waals surface area (Å²) in [5.41, 5.74) is 1.28. The zero-order valence-corrected chi connectivity index (χ0v) is 11.5. The predicted octanol–water partition coefficient (Wildman–Crippen LogP) is 3.02. The number of hydrogen-bond donors (Lipinski definition) is 0. The summed E-state index contributed by atoms with van der Waals surface area (Å²) in [6.07, 6.45) is 4.74. The van der Waals surface area contributed by atoms with E-state index in [0.717, 1.165) is 31.6 Å². The molecule has 1 aliphatic rings. The second-order valence-electron chi connectivity index (χ2n) is 4.83. The van der Waals surface area contributed by atoms with Crippen molar-refractivity contribution in [2.24, 2.45) is 0 Å². The lowest BCUT2D eigenvalue weighted by Gasteiger charge is -2.30. The largest absolute Gasteiger partial charge is 0.371 e. The Bertz CT molecular complexity index is 645. The second-order valence-corrected chi connectivity index (χ2v) is 4.83. The summed E-state index contributed by atoms with van der Waals surface area (Å²) in [6, 6.07) is 8.15. The number of anilines is 1. The summed E-state index contributed by atoms with van der Waals surface area (Å²) in [5, 5.41) is 28.7. The predicted molar refractivity (Wildman–Crippen MR) is 78.4 cm³/mol. The quantitative estimate of drug-likeness (QED) is 0.482. The maximum atomic E-state index is 10.9. The van der Waals surface area contributed by atoms with Crippen molar-refractivity contribution < 1.29 is 4.92 Å². The number of nitro groups is 1. The Morgan fingerprint density at radius 1 is 1.24 bits per heavy atom. The van der Waals surface area contributed by atoms with Crippen LogP contribution in [0.5, 0.6) is 0 Å². The summed E-state index contributed by atoms with van der Waals surface area (Å²) < 4.78 is 0. The highest BCUT2D eigenvalue weighted by molar-refractivity contribution is 5.74. The molecule has 1 aliphatic heterocycles. The van der Waals surface area contributed by atoms with Gasteiger partial charge >= 0.3 is 0 Å². The fourth-order valence-corrected chi connectivity index (χ4v) is 2.44. The smallest absolute Gasteiger partial charge is 0.270 e. The third kappa shape index (κ3) is 3.37. The van der Waals surface area contributed by atoms with Crippen LogP contribution in [0.2, 0.25) is 0 Å². The highest BCUT2D eigenvalue weighted by Gasteiger charge is 2.17. The van der Waals surface area contributed by atoms with Crippen molar-refractivity contribution in [3.05, 3.63) is 39.4 Å². The van der Waals surface area contributed by atoms with Crippen LogP contribution < -0.4 is 4.90 Å². The molecule has 1 saturated heterocycles. The minimum Gasteiger partial charge on any atom is -0.371 e. The van der Waals surface area contributed by atoms with Gasteiger partial charge in [0, 0.05) is 36.5 Å². The highest BCUT2D eigenvalue weighted by atomic mass is 16.6. The summed E-state index contributed by atoms with van der Waals surface area (Å²) in [7, 11) is 0. The van der Waals surface area contributed by atoms with E-state index in [-0.39, 0.29) is 11.3 Å². The lowest BCUT2D eigenvalue weighted by atomic mass is 10.0. The Kier molecular flexibility index (Phi) is 4.53. The van der Waals surface area contributed by atoms with Gasteiger partial charge in [-0.15, -0.1) is 0 Å². The molecular formula is C15H14N4O2. The number of non-ortho nitro benzene ring substituents is 1. The van der Waals surface area contributed by atoms with Crippen LogP contribution in [-0.4, -0.2) is 18.0 Å². The van der Waals surface area contributed by atoms with E-state index in [1.165, 1.54) is 24.6 Å². The van der Waals surface area contributed by atoms with Crippen LogP contribution in [0.1, 0.15) is 24.8 Å². The molecule has 106 valence electrons. The third-order valence-corrected chi connectivity index (χ3v) is 3.46. The molecule has 0 spiro atoms. The molecule has 6 nitrogen and oxygen atoms in total. The Morgan fingerprint density at radius 2 is 1.90 bits per heavy atom. The first-order valence-corrected chi connectivity index (χ1v) is 6.71. The molecule has 0 aromatic heterocycles. The second kappa shape index (κ2) is 6.53. The summed E-state index contributed by atoms with van der Waals surface area (Å²) >= 11 is 0. The first kappa shape index (κ1) is 14.5. The third-order valence-electron chi connectivity index (χ3n) is 3.46. The average Bonchev–Trinajstić information content (AvgIpc) is 2.53. The van der Waals surface area contributed by atoms with Gasteiger partial charge in [-0.1, -0.05) is 0 Å². The molecule has 2 rings (SSSR count). The minimum absolute atomic E-state index is 0.0442. The van der Waals surface area contributed by atoms with E-state index in [0.29, 0.717) is 5.56 Å². The van der Waals surface area contributed by atoms with Crippen molar-refractivity contribution in [1.29, 1.82) is 10.5 Å². The average molecular weight is 282 g/mol. The van der Waals surface area contributed by atoms with Crippen LogP contribution >= 0.6 is 0 Å². The number of allylic oxidation sites excluding steroid dienone is 1. The Morgan fingerprint density at radius 3 is 2.48 bits per heavy atom. The molecule has 1 aromatic rings. The molecule has 0 amide bonds. The van der Waals surface area contributed by atoms with Gasteiger partial charge in [-0.25, -0.2) is 0 Å². The van der Waals surface area contributed by atoms with Crippen molar-refractivity contribution in [3.8, 4) is 12.1 Å². The van der Waals surface area contributed by atoms with Crippen LogP contribution in [-0.2, 0) is 0 Å². The number of nitriles is 2. The van der Waals surface area contributed by atoms with Crippen molar-refractivity contribution in [2.45, 2.75) is 19.3 Å². The molecule has 0 aliphatic carbocycles. The number of nitro benzene ring substituents is 1. The molecule has 1 fully saturated rings. The van der Waals surface area contributed by atoms with Gasteiger partial charge in [0.25, 0.3) is 5.69 Å². The molecule has 0 N–H and O–H groups in total. The van der Waals surface area contributed by atoms with Gasteiger partial charge in [0.2, 0.25) is 0 Å². The van der Waals surface area contributed by atoms with Crippen molar-refractivity contribution >= 4 is 17.5 Å². The number of piperidine rings is 1. The number of benzene rings is 1. The van der Waals surface area contributed by atoms with Crippen molar-refractivity contribution in [1.82, 2.24) is 0 Å². The van der Waals surface area contributed by atoms with Crippen LogP contribution in [0, 0.1) is 32.8 Å². The normalized spacial score (nSPS) is 13.9. The number of nitrogens with zero attached hydrogens (tertiary/aromatic N) is 4. The highest BCUT2D eigenvalue weighted by Crippen LogP contribution is 2.29. The van der Waals surface area contributed by atoms with Gasteiger partial charge in [0.1, 0.15) is 17.7 Å². The number of rotatable bonds is 3. The maximum Gasteiger partial charge on any atom is 0.270 e. The fourth-order valence-electron chi connectivity index (χ4n) is 2.44. The summed E-state index contributed by atoms with van der Waals surface area (Å²) in [4.78, 5) is 12.6. The SMILES string of the molecule is N#CC(C#N)=Cc1cc([N+](=O)[O-])ccc1N1CCCCC1. The van der Waals surface area contributed by atoms with Gasteiger partial charge in [0.15, 0.2) is 0 Å². The van der Waals surface area contributed by atoms with Gasteiger partial charge in [-0.3, -0.25) is 10.1 Å². The Labute approximate surface area is 122 Å². The maximum absolute atomic E-state index is 10.9. The molecule has 0 unspecified atom stereocenters. The molecular weight excluding hydrogens is 268 g/mol. The lowest BCUT2D eigenvalue weighted by Crippen LogP contribution is -2.29. The molecule has 6 heteroatoms. The zero-order valence-electron chi connectivity index (χ0n) is 11.5. The van der Waals surface area contributed by atoms with Gasteiger partial charge in [-0.2, -0.15) is 10.5 Å². The van der Waals surface area contributed by atoms with Crippen LogP contribution in [0.3, 0.4) is 0 Å². The molecule has 0 atom stereocenters. The summed E-state index contributed by atoms with van der Waals surface area (Å²) in [6.45, 7) is 1.76. The lowest BCUT2D eigenvalue weighted by molar-refractivity contribution is -0.384. The molecule has 0 saturated carbocycles. The zero-order chi connectivity index (χ0) is 15.2. The van der Waals surface area contributed by atoms with E-state index < -0.39 is 4.92 Å². The van der Waals surface area contributed by atoms with Crippen molar-refractivity contribution in [2.75, 3.05) is 18.0 Å². The van der Waals surface area contributed by atoms with Crippen molar-refractivity contribution in [3.63, 3.8) is 0 Å². The fraction of sp³-hybridized carbons (Fsp3) is 0.333. The Hall–Kier alpha value is -2.86. The van der Waals surface area contributed by atoms with E-state index in [2.05, 4.69) is 4.90 Å². The summed E-state index contributed by atoms with van der Waals surface area (Å²) in [5.74, 6) is 0. The van der Waals surface area contributed by atoms with E-state index in [9.17, 15) is 10.1 Å². The van der Waals surface area contributed by atoms with E-state index in [4.69, 9.17) is 10.5 Å². The van der Waals surface area contributed by atoms with E-state index in [1.54, 1.807) is 18.2 Å². The molecule has 0 bridgehead atoms. The minimum atomic E-state index is -0.476. The van der Waals surface area contributed by atoms with Crippen LogP contribution in [0.4, 0.5) is 11.4 Å². The van der Waals surface area contributed by atoms with Crippen LogP contribution in [0.15, 0.2) is 23.8 Å².